The molecule has 18 heavy (non-hydrogen) atoms. The van der Waals surface area contributed by atoms with Gasteiger partial charge in [-0.15, -0.1) is 0 Å². The maximum absolute atomic E-state index is 11.9. The van der Waals surface area contributed by atoms with Crippen LogP contribution in [0.5, 0.6) is 0 Å². The zero-order valence-corrected chi connectivity index (χ0v) is 10.9. The van der Waals surface area contributed by atoms with Crippen molar-refractivity contribution in [1.82, 2.24) is 10.2 Å². The Balaban J connectivity index is 2.20. The van der Waals surface area contributed by atoms with Crippen LogP contribution in [0.3, 0.4) is 0 Å². The van der Waals surface area contributed by atoms with Gasteiger partial charge in [0, 0.05) is 19.1 Å². The second kappa shape index (κ2) is 7.92. The van der Waals surface area contributed by atoms with Gasteiger partial charge in [0.1, 0.15) is 6.61 Å². The first kappa shape index (κ1) is 14.8. The highest BCUT2D eigenvalue weighted by molar-refractivity contribution is 5.74. The molecule has 0 aromatic heterocycles. The number of hydrogen-bond donors (Lipinski definition) is 2. The molecule has 1 aliphatic heterocycles. The van der Waals surface area contributed by atoms with Crippen molar-refractivity contribution in [3.05, 3.63) is 0 Å². The van der Waals surface area contributed by atoms with E-state index in [-0.39, 0.29) is 19.2 Å². The van der Waals surface area contributed by atoms with Gasteiger partial charge >= 0.3 is 12.0 Å². The number of aliphatic carboxylic acids is 1. The molecule has 1 heterocycles. The minimum absolute atomic E-state index is 0.0690. The van der Waals surface area contributed by atoms with Crippen molar-refractivity contribution in [1.29, 1.82) is 0 Å². The topological polar surface area (TPSA) is 78.9 Å². The third-order valence-electron chi connectivity index (χ3n) is 3.11. The van der Waals surface area contributed by atoms with Crippen molar-refractivity contribution in [3.63, 3.8) is 0 Å². The van der Waals surface area contributed by atoms with Crippen molar-refractivity contribution < 1.29 is 19.4 Å². The standard InChI is InChI=1S/C12H22N2O4/c1-2-10-5-3-4-7-14(10)12(17)13-6-8-18-9-11(15)16/h10H,2-9H2,1H3,(H,13,17)(H,15,16). The van der Waals surface area contributed by atoms with Crippen LogP contribution in [0.4, 0.5) is 4.79 Å². The molecule has 0 radical (unpaired) electrons. The Labute approximate surface area is 107 Å². The van der Waals surface area contributed by atoms with Crippen molar-refractivity contribution in [2.75, 3.05) is 26.3 Å². The van der Waals surface area contributed by atoms with Gasteiger partial charge in [0.15, 0.2) is 0 Å². The summed E-state index contributed by atoms with van der Waals surface area (Å²) in [6.07, 6.45) is 4.28. The number of carbonyl (C=O) groups is 2. The van der Waals surface area contributed by atoms with E-state index in [4.69, 9.17) is 9.84 Å². The van der Waals surface area contributed by atoms with Gasteiger partial charge in [-0.1, -0.05) is 6.92 Å². The lowest BCUT2D eigenvalue weighted by Crippen LogP contribution is -2.49. The number of carbonyl (C=O) groups excluding carboxylic acids is 1. The number of carboxylic acid groups (broad SMARTS) is 1. The van der Waals surface area contributed by atoms with E-state index in [0.29, 0.717) is 12.6 Å². The third-order valence-corrected chi connectivity index (χ3v) is 3.11. The molecule has 0 spiro atoms. The smallest absolute Gasteiger partial charge is 0.329 e. The Morgan fingerprint density at radius 2 is 2.22 bits per heavy atom. The van der Waals surface area contributed by atoms with Crippen molar-refractivity contribution in [3.8, 4) is 0 Å². The summed E-state index contributed by atoms with van der Waals surface area (Å²) in [6, 6.07) is 0.263. The molecule has 1 fully saturated rings. The first-order valence-corrected chi connectivity index (χ1v) is 6.49. The number of piperidine rings is 1. The first-order valence-electron chi connectivity index (χ1n) is 6.49. The molecule has 2 amide bonds. The number of urea groups is 1. The zero-order valence-electron chi connectivity index (χ0n) is 10.9. The van der Waals surface area contributed by atoms with E-state index in [1.165, 1.54) is 6.42 Å². The van der Waals surface area contributed by atoms with E-state index in [1.54, 1.807) is 0 Å². The van der Waals surface area contributed by atoms with Crippen LogP contribution in [0.1, 0.15) is 32.6 Å². The van der Waals surface area contributed by atoms with Crippen LogP contribution in [-0.4, -0.2) is 54.4 Å². The van der Waals surface area contributed by atoms with Gasteiger partial charge in [0.25, 0.3) is 0 Å². The van der Waals surface area contributed by atoms with Crippen LogP contribution in [0.2, 0.25) is 0 Å². The minimum atomic E-state index is -0.997. The Morgan fingerprint density at radius 1 is 1.44 bits per heavy atom. The van der Waals surface area contributed by atoms with E-state index in [0.717, 1.165) is 25.8 Å². The Kier molecular flexibility index (Phi) is 6.49. The summed E-state index contributed by atoms with van der Waals surface area (Å²) in [6.45, 7) is 3.14. The van der Waals surface area contributed by atoms with Crippen LogP contribution in [0, 0.1) is 0 Å². The van der Waals surface area contributed by atoms with Gasteiger partial charge in [-0.25, -0.2) is 9.59 Å². The highest BCUT2D eigenvalue weighted by Crippen LogP contribution is 2.19. The van der Waals surface area contributed by atoms with Crippen molar-refractivity contribution in [2.24, 2.45) is 0 Å². The number of hydrogen-bond acceptors (Lipinski definition) is 3. The summed E-state index contributed by atoms with van der Waals surface area (Å²) < 4.78 is 4.85. The summed E-state index contributed by atoms with van der Waals surface area (Å²) in [5.41, 5.74) is 0. The average molecular weight is 258 g/mol. The molecule has 1 rings (SSSR count). The molecule has 104 valence electrons. The van der Waals surface area contributed by atoms with Crippen LogP contribution in [0.25, 0.3) is 0 Å². The Bertz CT molecular complexity index is 283. The number of nitrogens with zero attached hydrogens (tertiary/aromatic N) is 1. The highest BCUT2D eigenvalue weighted by Gasteiger charge is 2.24. The number of ether oxygens (including phenoxy) is 1. The zero-order chi connectivity index (χ0) is 13.4. The van der Waals surface area contributed by atoms with Crippen LogP contribution in [0.15, 0.2) is 0 Å². The molecule has 1 saturated heterocycles. The van der Waals surface area contributed by atoms with Gasteiger partial charge in [-0.2, -0.15) is 0 Å². The molecule has 2 N–H and O–H groups in total. The minimum Gasteiger partial charge on any atom is -0.480 e. The summed E-state index contributed by atoms with van der Waals surface area (Å²) >= 11 is 0. The van der Waals surface area contributed by atoms with Gasteiger partial charge in [0.2, 0.25) is 0 Å². The number of nitrogens with one attached hydrogen (secondary N) is 1. The normalized spacial score (nSPS) is 19.6. The van der Waals surface area contributed by atoms with Gasteiger partial charge in [-0.3, -0.25) is 0 Å². The number of amides is 2. The van der Waals surface area contributed by atoms with Crippen molar-refractivity contribution in [2.45, 2.75) is 38.6 Å². The summed E-state index contributed by atoms with van der Waals surface area (Å²) in [4.78, 5) is 24.0. The maximum atomic E-state index is 11.9. The molecule has 0 bridgehead atoms. The number of rotatable bonds is 6. The van der Waals surface area contributed by atoms with Crippen LogP contribution >= 0.6 is 0 Å². The molecule has 0 aliphatic carbocycles. The number of carboxylic acids is 1. The molecule has 6 heteroatoms. The van der Waals surface area contributed by atoms with Gasteiger partial charge < -0.3 is 20.1 Å². The molecule has 0 aromatic carbocycles. The SMILES string of the molecule is CCC1CCCCN1C(=O)NCCOCC(=O)O. The second-order valence-electron chi connectivity index (χ2n) is 4.43. The van der Waals surface area contributed by atoms with E-state index in [9.17, 15) is 9.59 Å². The van der Waals surface area contributed by atoms with Crippen LogP contribution < -0.4 is 5.32 Å². The van der Waals surface area contributed by atoms with Gasteiger partial charge in [-0.05, 0) is 25.7 Å². The summed E-state index contributed by atoms with van der Waals surface area (Å²) in [7, 11) is 0. The number of likely N-dealkylation sites (tertiary alicyclic amines) is 1. The fourth-order valence-corrected chi connectivity index (χ4v) is 2.18. The van der Waals surface area contributed by atoms with E-state index >= 15 is 0 Å². The summed E-state index contributed by atoms with van der Waals surface area (Å²) in [5.74, 6) is -0.997. The molecule has 0 saturated carbocycles. The largest absolute Gasteiger partial charge is 0.480 e. The maximum Gasteiger partial charge on any atom is 0.329 e. The summed E-state index contributed by atoms with van der Waals surface area (Å²) in [5, 5.41) is 11.1. The molecule has 1 atom stereocenters. The monoisotopic (exact) mass is 258 g/mol. The second-order valence-corrected chi connectivity index (χ2v) is 4.43. The Hall–Kier alpha value is -1.30. The first-order chi connectivity index (χ1) is 8.65. The lowest BCUT2D eigenvalue weighted by molar-refractivity contribution is -0.142. The highest BCUT2D eigenvalue weighted by atomic mass is 16.5. The third kappa shape index (κ3) is 4.91. The molecular formula is C12H22N2O4. The fraction of sp³-hybridized carbons (Fsp3) is 0.833. The lowest BCUT2D eigenvalue weighted by atomic mass is 10.0. The predicted octanol–water partition coefficient (Wildman–Crippen LogP) is 1.06. The van der Waals surface area contributed by atoms with Crippen molar-refractivity contribution >= 4 is 12.0 Å². The lowest BCUT2D eigenvalue weighted by Gasteiger charge is -2.35. The Morgan fingerprint density at radius 3 is 2.89 bits per heavy atom. The molecule has 1 aliphatic rings. The van der Waals surface area contributed by atoms with Gasteiger partial charge in [0.05, 0.1) is 6.61 Å². The van der Waals surface area contributed by atoms with E-state index in [2.05, 4.69) is 12.2 Å². The van der Waals surface area contributed by atoms with E-state index < -0.39 is 5.97 Å². The van der Waals surface area contributed by atoms with Crippen LogP contribution in [-0.2, 0) is 9.53 Å². The quantitative estimate of drug-likeness (QED) is 0.698. The average Bonchev–Trinajstić information content (AvgIpc) is 2.37. The molecular weight excluding hydrogens is 236 g/mol. The fourth-order valence-electron chi connectivity index (χ4n) is 2.18. The predicted molar refractivity (Wildman–Crippen MR) is 66.5 cm³/mol. The molecule has 1 unspecified atom stereocenters. The molecule has 6 nitrogen and oxygen atoms in total. The van der Waals surface area contributed by atoms with E-state index in [1.807, 2.05) is 4.90 Å². The molecule has 0 aromatic rings.